The monoisotopic (exact) mass is 388 g/mol. The molecule has 0 unspecified atom stereocenters. The van der Waals surface area contributed by atoms with E-state index in [0.29, 0.717) is 10.7 Å². The molecule has 0 aliphatic heterocycles. The van der Waals surface area contributed by atoms with Gasteiger partial charge in [0.2, 0.25) is 5.91 Å². The standard InChI is InChI=1S/C15H11Cl3N2O2S/c16-9-3-1-8(2-4-9)5-13(21)20-15(23)19-10-6-11(17)14(22)12(18)7-10/h1-4,6-7,22H,5H2,(H2,19,20,21,23). The Morgan fingerprint density at radius 1 is 1.09 bits per heavy atom. The SMILES string of the molecule is O=C(Cc1ccc(Cl)cc1)NC(=S)Nc1cc(Cl)c(O)c(Cl)c1. The molecule has 3 N–H and O–H groups in total. The van der Waals surface area contributed by atoms with Gasteiger partial charge in [0.1, 0.15) is 0 Å². The molecule has 2 aromatic rings. The minimum atomic E-state index is -0.277. The zero-order valence-electron chi connectivity index (χ0n) is 11.6. The molecule has 120 valence electrons. The van der Waals surface area contributed by atoms with Crippen LogP contribution in [0.2, 0.25) is 15.1 Å². The van der Waals surface area contributed by atoms with E-state index in [9.17, 15) is 9.90 Å². The van der Waals surface area contributed by atoms with Gasteiger partial charge in [0, 0.05) is 10.7 Å². The fourth-order valence-corrected chi connectivity index (χ4v) is 2.60. The van der Waals surface area contributed by atoms with E-state index in [1.165, 1.54) is 12.1 Å². The minimum absolute atomic E-state index is 0.0790. The van der Waals surface area contributed by atoms with E-state index in [1.807, 2.05) is 0 Å². The van der Waals surface area contributed by atoms with Gasteiger partial charge in [-0.15, -0.1) is 0 Å². The van der Waals surface area contributed by atoms with Crippen LogP contribution >= 0.6 is 47.0 Å². The fourth-order valence-electron chi connectivity index (χ4n) is 1.76. The van der Waals surface area contributed by atoms with Gasteiger partial charge in [-0.25, -0.2) is 0 Å². The number of phenolic OH excluding ortho intramolecular Hbond substituents is 1. The molecule has 0 spiro atoms. The van der Waals surface area contributed by atoms with Crippen LogP contribution in [0, 0.1) is 0 Å². The number of amides is 1. The van der Waals surface area contributed by atoms with Gasteiger partial charge in [-0.2, -0.15) is 0 Å². The van der Waals surface area contributed by atoms with Crippen LogP contribution in [0.4, 0.5) is 5.69 Å². The molecule has 0 fully saturated rings. The van der Waals surface area contributed by atoms with E-state index in [-0.39, 0.29) is 33.2 Å². The van der Waals surface area contributed by atoms with E-state index in [4.69, 9.17) is 47.0 Å². The predicted octanol–water partition coefficient (Wildman–Crippen LogP) is 4.41. The normalized spacial score (nSPS) is 10.2. The molecule has 8 heteroatoms. The third-order valence-electron chi connectivity index (χ3n) is 2.81. The quantitative estimate of drug-likeness (QED) is 0.537. The van der Waals surface area contributed by atoms with Gasteiger partial charge in [-0.1, -0.05) is 46.9 Å². The second kappa shape index (κ2) is 7.84. The van der Waals surface area contributed by atoms with Gasteiger partial charge < -0.3 is 15.7 Å². The molecule has 0 radical (unpaired) electrons. The van der Waals surface area contributed by atoms with Crippen molar-refractivity contribution >= 4 is 63.7 Å². The summed E-state index contributed by atoms with van der Waals surface area (Å²) in [4.78, 5) is 11.9. The van der Waals surface area contributed by atoms with Gasteiger partial charge in [-0.3, -0.25) is 4.79 Å². The molecule has 23 heavy (non-hydrogen) atoms. The maximum atomic E-state index is 11.9. The van der Waals surface area contributed by atoms with Gasteiger partial charge in [0.05, 0.1) is 16.5 Å². The summed E-state index contributed by atoms with van der Waals surface area (Å²) in [5.41, 5.74) is 1.26. The zero-order valence-corrected chi connectivity index (χ0v) is 14.7. The van der Waals surface area contributed by atoms with Crippen molar-refractivity contribution in [1.82, 2.24) is 5.32 Å². The minimum Gasteiger partial charge on any atom is -0.505 e. The third-order valence-corrected chi connectivity index (χ3v) is 3.84. The van der Waals surface area contributed by atoms with Crippen molar-refractivity contribution < 1.29 is 9.90 Å². The highest BCUT2D eigenvalue weighted by Gasteiger charge is 2.10. The van der Waals surface area contributed by atoms with E-state index in [2.05, 4.69) is 10.6 Å². The Hall–Kier alpha value is -1.53. The van der Waals surface area contributed by atoms with Gasteiger partial charge in [0.25, 0.3) is 0 Å². The Labute approximate surface area is 153 Å². The molecule has 0 saturated heterocycles. The number of benzene rings is 2. The number of hydrogen-bond acceptors (Lipinski definition) is 3. The molecule has 0 aliphatic carbocycles. The lowest BCUT2D eigenvalue weighted by atomic mass is 10.1. The van der Waals surface area contributed by atoms with Crippen LogP contribution in [0.5, 0.6) is 5.75 Å². The van der Waals surface area contributed by atoms with E-state index < -0.39 is 0 Å². The molecular formula is C15H11Cl3N2O2S. The van der Waals surface area contributed by atoms with E-state index >= 15 is 0 Å². The molecule has 4 nitrogen and oxygen atoms in total. The molecule has 0 aliphatic rings. The van der Waals surface area contributed by atoms with Crippen molar-refractivity contribution in [2.45, 2.75) is 6.42 Å². The molecule has 2 aromatic carbocycles. The van der Waals surface area contributed by atoms with Crippen molar-refractivity contribution in [3.05, 3.63) is 57.0 Å². The van der Waals surface area contributed by atoms with Crippen molar-refractivity contribution in [2.24, 2.45) is 0 Å². The number of hydrogen-bond donors (Lipinski definition) is 3. The average Bonchev–Trinajstić information content (AvgIpc) is 2.46. The van der Waals surface area contributed by atoms with Crippen molar-refractivity contribution in [2.75, 3.05) is 5.32 Å². The summed E-state index contributed by atoms with van der Waals surface area (Å²) in [6, 6.07) is 9.83. The molecule has 1 amide bonds. The Balaban J connectivity index is 1.94. The summed E-state index contributed by atoms with van der Waals surface area (Å²) in [5, 5.41) is 15.7. The molecule has 0 bridgehead atoms. The summed E-state index contributed by atoms with van der Waals surface area (Å²) in [7, 11) is 0. The molecule has 0 aromatic heterocycles. The number of aromatic hydroxyl groups is 1. The number of halogens is 3. The fraction of sp³-hybridized carbons (Fsp3) is 0.0667. The highest BCUT2D eigenvalue weighted by atomic mass is 35.5. The smallest absolute Gasteiger partial charge is 0.230 e. The number of carbonyl (C=O) groups is 1. The first-order chi connectivity index (χ1) is 10.8. The predicted molar refractivity (Wildman–Crippen MR) is 97.6 cm³/mol. The van der Waals surface area contributed by atoms with Crippen LogP contribution in [-0.2, 0) is 11.2 Å². The van der Waals surface area contributed by atoms with Crippen LogP contribution < -0.4 is 10.6 Å². The van der Waals surface area contributed by atoms with Crippen LogP contribution in [0.3, 0.4) is 0 Å². The van der Waals surface area contributed by atoms with Crippen molar-refractivity contribution in [3.63, 3.8) is 0 Å². The van der Waals surface area contributed by atoms with Gasteiger partial charge in [-0.05, 0) is 42.0 Å². The topological polar surface area (TPSA) is 61.4 Å². The highest BCUT2D eigenvalue weighted by molar-refractivity contribution is 7.80. The Morgan fingerprint density at radius 3 is 2.22 bits per heavy atom. The summed E-state index contributed by atoms with van der Waals surface area (Å²) in [5.74, 6) is -0.489. The zero-order chi connectivity index (χ0) is 17.0. The molecule has 0 saturated carbocycles. The van der Waals surface area contributed by atoms with Crippen molar-refractivity contribution in [3.8, 4) is 5.75 Å². The maximum Gasteiger partial charge on any atom is 0.230 e. The molecular weight excluding hydrogens is 379 g/mol. The van der Waals surface area contributed by atoms with Crippen LogP contribution in [0.1, 0.15) is 5.56 Å². The lowest BCUT2D eigenvalue weighted by Crippen LogP contribution is -2.35. The van der Waals surface area contributed by atoms with Gasteiger partial charge >= 0.3 is 0 Å². The lowest BCUT2D eigenvalue weighted by molar-refractivity contribution is -0.119. The summed E-state index contributed by atoms with van der Waals surface area (Å²) in [6.45, 7) is 0. The first-order valence-corrected chi connectivity index (χ1v) is 7.92. The summed E-state index contributed by atoms with van der Waals surface area (Å²) < 4.78 is 0. The number of carbonyl (C=O) groups excluding carboxylic acids is 1. The molecule has 0 heterocycles. The first-order valence-electron chi connectivity index (χ1n) is 6.38. The number of rotatable bonds is 3. The maximum absolute atomic E-state index is 11.9. The van der Waals surface area contributed by atoms with Crippen LogP contribution in [-0.4, -0.2) is 16.1 Å². The highest BCUT2D eigenvalue weighted by Crippen LogP contribution is 2.34. The van der Waals surface area contributed by atoms with E-state index in [0.717, 1.165) is 5.56 Å². The number of thiocarbonyl (C=S) groups is 1. The molecule has 0 atom stereocenters. The van der Waals surface area contributed by atoms with Crippen LogP contribution in [0.15, 0.2) is 36.4 Å². The Bertz CT molecular complexity index is 728. The number of nitrogens with one attached hydrogen (secondary N) is 2. The van der Waals surface area contributed by atoms with Crippen molar-refractivity contribution in [1.29, 1.82) is 0 Å². The molecule has 2 rings (SSSR count). The van der Waals surface area contributed by atoms with E-state index in [1.54, 1.807) is 24.3 Å². The second-order valence-electron chi connectivity index (χ2n) is 4.59. The third kappa shape index (κ3) is 5.25. The Kier molecular flexibility index (Phi) is 6.07. The second-order valence-corrected chi connectivity index (χ2v) is 6.25. The largest absolute Gasteiger partial charge is 0.505 e. The van der Waals surface area contributed by atoms with Crippen LogP contribution in [0.25, 0.3) is 0 Å². The number of anilines is 1. The lowest BCUT2D eigenvalue weighted by Gasteiger charge is -2.11. The summed E-state index contributed by atoms with van der Waals surface area (Å²) in [6.07, 6.45) is 0.163. The number of phenols is 1. The summed E-state index contributed by atoms with van der Waals surface area (Å²) >= 11 is 22.5. The Morgan fingerprint density at radius 2 is 1.65 bits per heavy atom. The first kappa shape index (κ1) is 17.8. The van der Waals surface area contributed by atoms with Gasteiger partial charge in [0.15, 0.2) is 10.9 Å². The average molecular weight is 390 g/mol.